The summed E-state index contributed by atoms with van der Waals surface area (Å²) in [6.07, 6.45) is 5.72. The van der Waals surface area contributed by atoms with Gasteiger partial charge in [-0.25, -0.2) is 4.98 Å². The number of nitrogens with zero attached hydrogens (tertiary/aromatic N) is 5. The van der Waals surface area contributed by atoms with Crippen LogP contribution >= 0.6 is 22.7 Å². The summed E-state index contributed by atoms with van der Waals surface area (Å²) in [4.78, 5) is 20.8. The third-order valence-corrected chi connectivity index (χ3v) is 6.71. The van der Waals surface area contributed by atoms with E-state index in [4.69, 9.17) is 5.73 Å². The van der Waals surface area contributed by atoms with Crippen LogP contribution < -0.4 is 5.73 Å². The summed E-state index contributed by atoms with van der Waals surface area (Å²) in [6.45, 7) is 0.560. The number of nitrogens with two attached hydrogens (primary N) is 1. The minimum Gasteiger partial charge on any atom is -0.610 e. The van der Waals surface area contributed by atoms with Gasteiger partial charge in [-0.3, -0.25) is 9.80 Å². The molecule has 0 aromatic carbocycles. The maximum Gasteiger partial charge on any atom is 0.303 e. The van der Waals surface area contributed by atoms with Gasteiger partial charge in [-0.15, -0.1) is 11.3 Å². The van der Waals surface area contributed by atoms with Crippen LogP contribution in [0.25, 0.3) is 10.3 Å². The first kappa shape index (κ1) is 17.9. The summed E-state index contributed by atoms with van der Waals surface area (Å²) in [7, 11) is 3.58. The molecule has 0 aliphatic rings. The highest BCUT2D eigenvalue weighted by Gasteiger charge is 2.21. The van der Waals surface area contributed by atoms with Gasteiger partial charge in [-0.2, -0.15) is 10.1 Å². The van der Waals surface area contributed by atoms with Gasteiger partial charge in [0.05, 0.1) is 23.2 Å². The molecular weight excluding hydrogens is 380 g/mol. The maximum absolute atomic E-state index is 11.7. The van der Waals surface area contributed by atoms with E-state index in [9.17, 15) is 9.35 Å². The van der Waals surface area contributed by atoms with Crippen LogP contribution in [0.3, 0.4) is 0 Å². The molecule has 0 fully saturated rings. The van der Waals surface area contributed by atoms with E-state index in [1.54, 1.807) is 35.3 Å². The summed E-state index contributed by atoms with van der Waals surface area (Å²) < 4.78 is 14.7. The summed E-state index contributed by atoms with van der Waals surface area (Å²) in [5, 5.41) is 6.66. The molecule has 25 heavy (non-hydrogen) atoms. The predicted octanol–water partition coefficient (Wildman–Crippen LogP) is 1.69. The lowest BCUT2D eigenvalue weighted by Crippen LogP contribution is -2.10. The molecule has 1 unspecified atom stereocenters. The fraction of sp³-hybridized carbons (Fsp3) is 0.286. The number of aromatic nitrogens is 3. The van der Waals surface area contributed by atoms with E-state index in [-0.39, 0.29) is 0 Å². The molecule has 0 spiro atoms. The van der Waals surface area contributed by atoms with Gasteiger partial charge in [-0.05, 0) is 0 Å². The zero-order chi connectivity index (χ0) is 18.1. The average Bonchev–Trinajstić information content (AvgIpc) is 3.22. The standard InChI is InChI=1S/C14H16N6O2S3/c1-19(6-8-4-16-13(15)23-8)17-5-9-10(7-21)20(2)12-11(9)24-14(18-12)25(3)22/h4-5,7H,6H2,1-3H3,(H2,15,16)/b17-5-. The molecule has 3 rings (SSSR count). The van der Waals surface area contributed by atoms with E-state index in [0.29, 0.717) is 32.9 Å². The van der Waals surface area contributed by atoms with Gasteiger partial charge < -0.3 is 14.9 Å². The molecular formula is C14H16N6O2S3. The molecule has 2 N–H and O–H groups in total. The second kappa shape index (κ2) is 7.12. The number of carbonyl (C=O) groups is 1. The molecule has 0 aliphatic heterocycles. The van der Waals surface area contributed by atoms with E-state index < -0.39 is 11.2 Å². The highest BCUT2D eigenvalue weighted by molar-refractivity contribution is 7.92. The smallest absolute Gasteiger partial charge is 0.303 e. The van der Waals surface area contributed by atoms with Gasteiger partial charge >= 0.3 is 4.34 Å². The summed E-state index contributed by atoms with van der Waals surface area (Å²) in [5.74, 6) is 0. The Bertz CT molecular complexity index is 942. The number of thiazole rings is 2. The quantitative estimate of drug-likeness (QED) is 0.294. The number of nitrogen functional groups attached to an aromatic ring is 1. The van der Waals surface area contributed by atoms with Gasteiger partial charge in [0, 0.05) is 41.9 Å². The Morgan fingerprint density at radius 1 is 1.52 bits per heavy atom. The van der Waals surface area contributed by atoms with Crippen molar-refractivity contribution in [1.29, 1.82) is 0 Å². The lowest BCUT2D eigenvalue weighted by Gasteiger charge is -2.10. The van der Waals surface area contributed by atoms with Crippen molar-refractivity contribution in [3.8, 4) is 0 Å². The van der Waals surface area contributed by atoms with Crippen molar-refractivity contribution in [1.82, 2.24) is 19.5 Å². The van der Waals surface area contributed by atoms with Gasteiger partial charge in [0.2, 0.25) is 0 Å². The largest absolute Gasteiger partial charge is 0.610 e. The molecule has 0 saturated heterocycles. The molecule has 0 saturated carbocycles. The molecule has 1 atom stereocenters. The Morgan fingerprint density at radius 2 is 2.28 bits per heavy atom. The van der Waals surface area contributed by atoms with E-state index in [2.05, 4.69) is 15.1 Å². The first-order valence-corrected chi connectivity index (χ1v) is 10.3. The SMILES string of the molecule is CN(Cc1cnc(N)s1)/N=C\c1c(C=O)n(C)c2nc([S+](C)[O-])sc12. The zero-order valence-electron chi connectivity index (χ0n) is 13.8. The van der Waals surface area contributed by atoms with Crippen LogP contribution in [0.15, 0.2) is 15.6 Å². The van der Waals surface area contributed by atoms with Crippen molar-refractivity contribution in [2.45, 2.75) is 10.9 Å². The van der Waals surface area contributed by atoms with Gasteiger partial charge in [0.15, 0.2) is 17.1 Å². The van der Waals surface area contributed by atoms with Gasteiger partial charge in [-0.1, -0.05) is 11.3 Å². The number of aldehydes is 1. The highest BCUT2D eigenvalue weighted by atomic mass is 32.2. The fourth-order valence-corrected chi connectivity index (χ4v) is 4.83. The molecule has 0 radical (unpaired) electrons. The monoisotopic (exact) mass is 396 g/mol. The number of hydrogen-bond acceptors (Lipinski definition) is 9. The molecule has 0 aliphatic carbocycles. The summed E-state index contributed by atoms with van der Waals surface area (Å²) >= 11 is 1.56. The number of hydrazone groups is 1. The number of anilines is 1. The molecule has 3 heterocycles. The van der Waals surface area contributed by atoms with Crippen LogP contribution in [-0.2, 0) is 24.8 Å². The molecule has 0 bridgehead atoms. The van der Waals surface area contributed by atoms with Crippen molar-refractivity contribution < 1.29 is 9.35 Å². The molecule has 3 aromatic heterocycles. The van der Waals surface area contributed by atoms with Crippen LogP contribution in [0, 0.1) is 0 Å². The predicted molar refractivity (Wildman–Crippen MR) is 102 cm³/mol. The lowest BCUT2D eigenvalue weighted by atomic mass is 10.3. The van der Waals surface area contributed by atoms with E-state index in [1.165, 1.54) is 22.7 Å². The minimum atomic E-state index is -1.17. The van der Waals surface area contributed by atoms with Crippen molar-refractivity contribution in [2.24, 2.45) is 12.1 Å². The minimum absolute atomic E-state index is 0.487. The first-order chi connectivity index (χ1) is 11.9. The third-order valence-electron chi connectivity index (χ3n) is 3.49. The van der Waals surface area contributed by atoms with Gasteiger partial charge in [0.25, 0.3) is 0 Å². The number of rotatable bonds is 6. The average molecular weight is 397 g/mol. The number of carbonyl (C=O) groups excluding carboxylic acids is 1. The van der Waals surface area contributed by atoms with Crippen molar-refractivity contribution in [3.63, 3.8) is 0 Å². The Hall–Kier alpha value is -1.95. The first-order valence-electron chi connectivity index (χ1n) is 7.13. The topological polar surface area (TPSA) is 112 Å². The van der Waals surface area contributed by atoms with Crippen LogP contribution in [0.5, 0.6) is 0 Å². The normalized spacial score (nSPS) is 13.0. The zero-order valence-corrected chi connectivity index (χ0v) is 16.2. The number of aryl methyl sites for hydroxylation is 1. The molecule has 11 heteroatoms. The van der Waals surface area contributed by atoms with Crippen molar-refractivity contribution in [3.05, 3.63) is 22.3 Å². The molecule has 3 aromatic rings. The second-order valence-corrected chi connectivity index (χ2v) is 8.99. The van der Waals surface area contributed by atoms with E-state index in [1.807, 2.05) is 7.05 Å². The lowest BCUT2D eigenvalue weighted by molar-refractivity contribution is 0.111. The van der Waals surface area contributed by atoms with Gasteiger partial charge in [0.1, 0.15) is 6.26 Å². The van der Waals surface area contributed by atoms with E-state index >= 15 is 0 Å². The van der Waals surface area contributed by atoms with Crippen molar-refractivity contribution >= 4 is 61.8 Å². The maximum atomic E-state index is 11.7. The van der Waals surface area contributed by atoms with E-state index in [0.717, 1.165) is 15.9 Å². The van der Waals surface area contributed by atoms with Crippen LogP contribution in [0.4, 0.5) is 5.13 Å². The molecule has 8 nitrogen and oxygen atoms in total. The third kappa shape index (κ3) is 3.54. The van der Waals surface area contributed by atoms with Crippen molar-refractivity contribution in [2.75, 3.05) is 19.0 Å². The van der Waals surface area contributed by atoms with Crippen LogP contribution in [-0.4, -0.2) is 49.9 Å². The molecule has 0 amide bonds. The summed E-state index contributed by atoms with van der Waals surface area (Å²) in [6, 6.07) is 0. The highest BCUT2D eigenvalue weighted by Crippen LogP contribution is 2.31. The second-order valence-electron chi connectivity index (χ2n) is 5.29. The number of fused-ring (bicyclic) bond motifs is 1. The fourth-order valence-electron chi connectivity index (χ4n) is 2.32. The number of hydrogen-bond donors (Lipinski definition) is 1. The Kier molecular flexibility index (Phi) is 5.08. The summed E-state index contributed by atoms with van der Waals surface area (Å²) in [5.41, 5.74) is 7.43. The Balaban J connectivity index is 1.92. The Morgan fingerprint density at radius 3 is 2.88 bits per heavy atom. The Labute approximate surface area is 155 Å². The van der Waals surface area contributed by atoms with Crippen LogP contribution in [0.1, 0.15) is 20.9 Å². The van der Waals surface area contributed by atoms with Crippen LogP contribution in [0.2, 0.25) is 0 Å². The molecule has 132 valence electrons.